The summed E-state index contributed by atoms with van der Waals surface area (Å²) in [6.07, 6.45) is -1.73. The first-order valence-electron chi connectivity index (χ1n) is 11.2. The third kappa shape index (κ3) is 5.88. The monoisotopic (exact) mass is 487 g/mol. The highest BCUT2D eigenvalue weighted by atomic mass is 19.3. The summed E-state index contributed by atoms with van der Waals surface area (Å²) in [5, 5.41) is 16.5. The number of benzene rings is 1. The van der Waals surface area contributed by atoms with Crippen molar-refractivity contribution in [3.8, 4) is 11.6 Å². The number of nitrogens with zero attached hydrogens (tertiary/aromatic N) is 7. The van der Waals surface area contributed by atoms with E-state index in [0.717, 1.165) is 6.42 Å². The van der Waals surface area contributed by atoms with Crippen LogP contribution in [0.5, 0.6) is 5.88 Å². The number of aryl methyl sites for hydroxylation is 1. The predicted molar refractivity (Wildman–Crippen MR) is 123 cm³/mol. The molecule has 3 heterocycles. The molecule has 12 heteroatoms. The van der Waals surface area contributed by atoms with Crippen LogP contribution in [-0.4, -0.2) is 75.9 Å². The fourth-order valence-corrected chi connectivity index (χ4v) is 3.75. The van der Waals surface area contributed by atoms with Gasteiger partial charge in [-0.3, -0.25) is 4.79 Å². The molecule has 1 aromatic carbocycles. The second-order valence-electron chi connectivity index (χ2n) is 8.09. The fraction of sp³-hybridized carbons (Fsp3) is 0.435. The van der Waals surface area contributed by atoms with Crippen LogP contribution < -0.4 is 9.64 Å². The number of alkyl halides is 2. The molecule has 4 rings (SSSR count). The quantitative estimate of drug-likeness (QED) is 0.403. The van der Waals surface area contributed by atoms with E-state index in [4.69, 9.17) is 9.47 Å². The Hall–Kier alpha value is -3.67. The van der Waals surface area contributed by atoms with Gasteiger partial charge in [0.25, 0.3) is 6.43 Å². The molecule has 1 saturated heterocycles. The van der Waals surface area contributed by atoms with Crippen LogP contribution >= 0.6 is 0 Å². The van der Waals surface area contributed by atoms with Crippen molar-refractivity contribution in [2.45, 2.75) is 26.4 Å². The molecule has 1 amide bonds. The zero-order valence-corrected chi connectivity index (χ0v) is 19.6. The molecule has 0 saturated carbocycles. The molecule has 0 radical (unpaired) electrons. The molecule has 0 bridgehead atoms. The molecule has 0 N–H and O–H groups in total. The van der Waals surface area contributed by atoms with Crippen LogP contribution in [0.4, 0.5) is 14.6 Å². The van der Waals surface area contributed by atoms with E-state index in [0.29, 0.717) is 55.0 Å². The summed E-state index contributed by atoms with van der Waals surface area (Å²) in [7, 11) is 1.65. The van der Waals surface area contributed by atoms with Gasteiger partial charge in [-0.15, -0.1) is 15.3 Å². The molecule has 35 heavy (non-hydrogen) atoms. The Bertz CT molecular complexity index is 1120. The van der Waals surface area contributed by atoms with Gasteiger partial charge in [0, 0.05) is 45.0 Å². The summed E-state index contributed by atoms with van der Waals surface area (Å²) < 4.78 is 38.1. The Balaban J connectivity index is 1.36. The minimum atomic E-state index is -2.53. The first-order valence-corrected chi connectivity index (χ1v) is 11.2. The Morgan fingerprint density at radius 3 is 2.51 bits per heavy atom. The van der Waals surface area contributed by atoms with Crippen molar-refractivity contribution in [2.75, 3.05) is 44.8 Å². The van der Waals surface area contributed by atoms with E-state index >= 15 is 0 Å². The number of hydrogen-bond donors (Lipinski definition) is 0. The molecule has 186 valence electrons. The lowest BCUT2D eigenvalue weighted by Gasteiger charge is -2.34. The molecule has 1 aliphatic rings. The fourth-order valence-electron chi connectivity index (χ4n) is 3.75. The van der Waals surface area contributed by atoms with E-state index in [1.165, 1.54) is 12.1 Å². The van der Waals surface area contributed by atoms with Gasteiger partial charge in [0.1, 0.15) is 12.3 Å². The van der Waals surface area contributed by atoms with Crippen LogP contribution in [0.15, 0.2) is 36.4 Å². The van der Waals surface area contributed by atoms with Crippen LogP contribution in [0, 0.1) is 6.92 Å². The molecule has 0 aliphatic carbocycles. The van der Waals surface area contributed by atoms with E-state index < -0.39 is 6.43 Å². The number of carbonyl (C=O) groups is 1. The third-order valence-corrected chi connectivity index (χ3v) is 5.75. The van der Waals surface area contributed by atoms with Gasteiger partial charge < -0.3 is 19.3 Å². The molecule has 1 fully saturated rings. The Morgan fingerprint density at radius 1 is 1.06 bits per heavy atom. The Kier molecular flexibility index (Phi) is 7.80. The predicted octanol–water partition coefficient (Wildman–Crippen LogP) is 2.57. The number of amides is 1. The minimum absolute atomic E-state index is 0.0484. The number of aromatic nitrogens is 5. The Labute approximate surface area is 201 Å². The number of anilines is 1. The average Bonchev–Trinajstić information content (AvgIpc) is 3.24. The lowest BCUT2D eigenvalue weighted by atomic mass is 10.2. The van der Waals surface area contributed by atoms with Crippen molar-refractivity contribution in [3.05, 3.63) is 53.3 Å². The largest absolute Gasteiger partial charge is 0.470 e. The van der Waals surface area contributed by atoms with E-state index in [1.807, 2.05) is 9.80 Å². The van der Waals surface area contributed by atoms with Crippen molar-refractivity contribution in [1.82, 2.24) is 30.1 Å². The minimum Gasteiger partial charge on any atom is -0.470 e. The average molecular weight is 488 g/mol. The maximum absolute atomic E-state index is 12.8. The van der Waals surface area contributed by atoms with Crippen LogP contribution in [0.25, 0.3) is 5.69 Å². The maximum Gasteiger partial charge on any atom is 0.263 e. The highest BCUT2D eigenvalue weighted by molar-refractivity contribution is 5.82. The number of rotatable bonds is 10. The van der Waals surface area contributed by atoms with E-state index in [9.17, 15) is 13.6 Å². The molecule has 0 spiro atoms. The molecular weight excluding hydrogens is 460 g/mol. The SMILES string of the molecule is COCCCN1CCN(c2ccc(OCc3c(C)nnn3-c3ccc(C(F)F)cc3)nn2)CC1=O. The van der Waals surface area contributed by atoms with Gasteiger partial charge in [-0.25, -0.2) is 13.5 Å². The highest BCUT2D eigenvalue weighted by Crippen LogP contribution is 2.22. The number of methoxy groups -OCH3 is 1. The standard InChI is InChI=1S/C23H27F2N7O3/c1-16-19(32(29-26-16)18-6-4-17(5-7-18)23(24)25)15-35-21-9-8-20(27-28-21)31-12-11-30(22(33)14-31)10-3-13-34-2/h4-9,23H,3,10-15H2,1-2H3. The number of piperazine rings is 1. The van der Waals surface area contributed by atoms with Crippen LogP contribution in [0.3, 0.4) is 0 Å². The van der Waals surface area contributed by atoms with Crippen LogP contribution in [0.2, 0.25) is 0 Å². The normalized spacial score (nSPS) is 14.1. The first kappa shape index (κ1) is 24.5. The summed E-state index contributed by atoms with van der Waals surface area (Å²) in [6.45, 7) is 4.75. The molecule has 10 nitrogen and oxygen atoms in total. The summed E-state index contributed by atoms with van der Waals surface area (Å²) in [6, 6.07) is 9.30. The molecule has 0 atom stereocenters. The van der Waals surface area contributed by atoms with Gasteiger partial charge >= 0.3 is 0 Å². The topological polar surface area (TPSA) is 98.5 Å². The van der Waals surface area contributed by atoms with Gasteiger partial charge in [0.15, 0.2) is 5.82 Å². The van der Waals surface area contributed by atoms with Gasteiger partial charge in [0.05, 0.1) is 17.9 Å². The Morgan fingerprint density at radius 2 is 1.86 bits per heavy atom. The van der Waals surface area contributed by atoms with E-state index in [2.05, 4.69) is 20.5 Å². The lowest BCUT2D eigenvalue weighted by molar-refractivity contribution is -0.131. The second kappa shape index (κ2) is 11.2. The van der Waals surface area contributed by atoms with Crippen molar-refractivity contribution in [1.29, 1.82) is 0 Å². The molecule has 2 aromatic heterocycles. The second-order valence-corrected chi connectivity index (χ2v) is 8.09. The number of carbonyl (C=O) groups excluding carboxylic acids is 1. The van der Waals surface area contributed by atoms with E-state index in [-0.39, 0.29) is 24.6 Å². The lowest BCUT2D eigenvalue weighted by Crippen LogP contribution is -2.51. The third-order valence-electron chi connectivity index (χ3n) is 5.75. The number of halogens is 2. The summed E-state index contributed by atoms with van der Waals surface area (Å²) in [4.78, 5) is 16.1. The van der Waals surface area contributed by atoms with Gasteiger partial charge in [0.2, 0.25) is 11.8 Å². The van der Waals surface area contributed by atoms with Crippen molar-refractivity contribution >= 4 is 11.7 Å². The summed E-state index contributed by atoms with van der Waals surface area (Å²) in [5.74, 6) is 0.954. The highest BCUT2D eigenvalue weighted by Gasteiger charge is 2.24. The maximum atomic E-state index is 12.8. The molecular formula is C23H27F2N7O3. The zero-order valence-electron chi connectivity index (χ0n) is 19.6. The molecule has 3 aromatic rings. The van der Waals surface area contributed by atoms with Gasteiger partial charge in [-0.2, -0.15) is 0 Å². The van der Waals surface area contributed by atoms with Crippen molar-refractivity contribution < 1.29 is 23.0 Å². The number of hydrogen-bond acceptors (Lipinski definition) is 8. The van der Waals surface area contributed by atoms with Gasteiger partial charge in [-0.1, -0.05) is 17.3 Å². The summed E-state index contributed by atoms with van der Waals surface area (Å²) >= 11 is 0. The van der Waals surface area contributed by atoms with Crippen molar-refractivity contribution in [2.24, 2.45) is 0 Å². The summed E-state index contributed by atoms with van der Waals surface area (Å²) in [5.41, 5.74) is 1.85. The molecule has 1 aliphatic heterocycles. The molecule has 0 unspecified atom stereocenters. The van der Waals surface area contributed by atoms with Crippen molar-refractivity contribution in [3.63, 3.8) is 0 Å². The van der Waals surface area contributed by atoms with E-state index in [1.54, 1.807) is 43.0 Å². The smallest absolute Gasteiger partial charge is 0.263 e. The van der Waals surface area contributed by atoms with Crippen LogP contribution in [0.1, 0.15) is 29.8 Å². The van der Waals surface area contributed by atoms with Gasteiger partial charge in [-0.05, 0) is 31.5 Å². The van der Waals surface area contributed by atoms with Crippen LogP contribution in [-0.2, 0) is 16.1 Å². The number of ether oxygens (including phenoxy) is 2. The zero-order chi connectivity index (χ0) is 24.8. The first-order chi connectivity index (χ1) is 17.0.